The zero-order valence-corrected chi connectivity index (χ0v) is 10.5. The van der Waals surface area contributed by atoms with Gasteiger partial charge in [0.15, 0.2) is 0 Å². The molecule has 0 aliphatic carbocycles. The van der Waals surface area contributed by atoms with E-state index >= 15 is 0 Å². The third kappa shape index (κ3) is 4.37. The minimum atomic E-state index is -0.0847. The molecule has 0 saturated carbocycles. The van der Waals surface area contributed by atoms with E-state index in [-0.39, 0.29) is 12.1 Å². The number of amides is 2. The minimum absolute atomic E-state index is 0.0847. The van der Waals surface area contributed by atoms with E-state index in [2.05, 4.69) is 22.8 Å². The summed E-state index contributed by atoms with van der Waals surface area (Å²) in [6.07, 6.45) is 2.86. The van der Waals surface area contributed by atoms with Crippen LogP contribution in [-0.2, 0) is 11.2 Å². The highest BCUT2D eigenvalue weighted by molar-refractivity contribution is 5.74. The SMILES string of the molecule is O=C(NCCCc1ccccc1)NC1CCOC1. The minimum Gasteiger partial charge on any atom is -0.379 e. The van der Waals surface area contributed by atoms with E-state index in [9.17, 15) is 4.79 Å². The van der Waals surface area contributed by atoms with Crippen molar-refractivity contribution in [3.05, 3.63) is 35.9 Å². The van der Waals surface area contributed by atoms with Crippen LogP contribution in [0.25, 0.3) is 0 Å². The van der Waals surface area contributed by atoms with Gasteiger partial charge in [-0.2, -0.15) is 0 Å². The first-order chi connectivity index (χ1) is 8.84. The number of aryl methyl sites for hydroxylation is 1. The number of hydrogen-bond acceptors (Lipinski definition) is 2. The molecule has 1 aromatic rings. The molecule has 0 radical (unpaired) electrons. The Labute approximate surface area is 108 Å². The second-order valence-corrected chi connectivity index (χ2v) is 4.55. The average Bonchev–Trinajstić information content (AvgIpc) is 2.89. The zero-order chi connectivity index (χ0) is 12.6. The molecule has 4 heteroatoms. The molecule has 18 heavy (non-hydrogen) atoms. The van der Waals surface area contributed by atoms with Gasteiger partial charge in [-0.05, 0) is 24.8 Å². The second kappa shape index (κ2) is 7.01. The molecule has 1 unspecified atom stereocenters. The Morgan fingerprint density at radius 2 is 2.17 bits per heavy atom. The summed E-state index contributed by atoms with van der Waals surface area (Å²) in [5.41, 5.74) is 1.31. The van der Waals surface area contributed by atoms with E-state index in [0.29, 0.717) is 13.2 Å². The highest BCUT2D eigenvalue weighted by Gasteiger charge is 2.16. The van der Waals surface area contributed by atoms with E-state index in [1.165, 1.54) is 5.56 Å². The van der Waals surface area contributed by atoms with Crippen LogP contribution < -0.4 is 10.6 Å². The molecule has 2 rings (SSSR count). The summed E-state index contributed by atoms with van der Waals surface area (Å²) in [5.74, 6) is 0. The van der Waals surface area contributed by atoms with Gasteiger partial charge in [0, 0.05) is 13.2 Å². The lowest BCUT2D eigenvalue weighted by molar-refractivity contribution is 0.188. The molecule has 98 valence electrons. The van der Waals surface area contributed by atoms with Gasteiger partial charge < -0.3 is 15.4 Å². The quantitative estimate of drug-likeness (QED) is 0.779. The summed E-state index contributed by atoms with van der Waals surface area (Å²) < 4.78 is 5.20. The van der Waals surface area contributed by atoms with Crippen molar-refractivity contribution in [2.75, 3.05) is 19.8 Å². The summed E-state index contributed by atoms with van der Waals surface area (Å²) in [6, 6.07) is 10.4. The van der Waals surface area contributed by atoms with Gasteiger partial charge in [-0.1, -0.05) is 30.3 Å². The predicted molar refractivity (Wildman–Crippen MR) is 70.5 cm³/mol. The molecular formula is C14H20N2O2. The van der Waals surface area contributed by atoms with Gasteiger partial charge in [-0.3, -0.25) is 0 Å². The van der Waals surface area contributed by atoms with Crippen molar-refractivity contribution in [3.8, 4) is 0 Å². The summed E-state index contributed by atoms with van der Waals surface area (Å²) in [6.45, 7) is 2.09. The fourth-order valence-electron chi connectivity index (χ4n) is 2.02. The Kier molecular flexibility index (Phi) is 5.02. The Hall–Kier alpha value is -1.55. The largest absolute Gasteiger partial charge is 0.379 e. The molecule has 2 amide bonds. The van der Waals surface area contributed by atoms with Crippen LogP contribution in [0.3, 0.4) is 0 Å². The Bertz CT molecular complexity index is 361. The molecule has 4 nitrogen and oxygen atoms in total. The molecule has 2 N–H and O–H groups in total. The van der Waals surface area contributed by atoms with Crippen LogP contribution in [0.5, 0.6) is 0 Å². The molecule has 1 aliphatic heterocycles. The Balaban J connectivity index is 1.56. The number of benzene rings is 1. The van der Waals surface area contributed by atoms with Crippen LogP contribution in [0.2, 0.25) is 0 Å². The predicted octanol–water partition coefficient (Wildman–Crippen LogP) is 1.71. The van der Waals surface area contributed by atoms with Gasteiger partial charge in [0.25, 0.3) is 0 Å². The Morgan fingerprint density at radius 3 is 2.89 bits per heavy atom. The lowest BCUT2D eigenvalue weighted by Crippen LogP contribution is -2.42. The number of carbonyl (C=O) groups excluding carboxylic acids is 1. The van der Waals surface area contributed by atoms with Gasteiger partial charge in [0.1, 0.15) is 0 Å². The first-order valence-corrected chi connectivity index (χ1v) is 6.50. The molecular weight excluding hydrogens is 228 g/mol. The topological polar surface area (TPSA) is 50.4 Å². The monoisotopic (exact) mass is 248 g/mol. The second-order valence-electron chi connectivity index (χ2n) is 4.55. The van der Waals surface area contributed by atoms with Gasteiger partial charge in [0.2, 0.25) is 0 Å². The molecule has 1 saturated heterocycles. The van der Waals surface area contributed by atoms with Gasteiger partial charge in [0.05, 0.1) is 12.6 Å². The van der Waals surface area contributed by atoms with Gasteiger partial charge >= 0.3 is 6.03 Å². The third-order valence-corrected chi connectivity index (χ3v) is 3.04. The number of rotatable bonds is 5. The molecule has 0 spiro atoms. The van der Waals surface area contributed by atoms with E-state index in [0.717, 1.165) is 25.9 Å². The summed E-state index contributed by atoms with van der Waals surface area (Å²) >= 11 is 0. The van der Waals surface area contributed by atoms with Crippen molar-refractivity contribution in [1.82, 2.24) is 10.6 Å². The highest BCUT2D eigenvalue weighted by atomic mass is 16.5. The molecule has 1 fully saturated rings. The van der Waals surface area contributed by atoms with E-state index in [1.54, 1.807) is 0 Å². The first kappa shape index (κ1) is 12.9. The van der Waals surface area contributed by atoms with Gasteiger partial charge in [-0.15, -0.1) is 0 Å². The number of ether oxygens (including phenoxy) is 1. The van der Waals surface area contributed by atoms with Crippen LogP contribution in [0.15, 0.2) is 30.3 Å². The van der Waals surface area contributed by atoms with Crippen molar-refractivity contribution in [2.24, 2.45) is 0 Å². The van der Waals surface area contributed by atoms with Crippen molar-refractivity contribution in [2.45, 2.75) is 25.3 Å². The van der Waals surface area contributed by atoms with Gasteiger partial charge in [-0.25, -0.2) is 4.79 Å². The molecule has 1 heterocycles. The van der Waals surface area contributed by atoms with Crippen LogP contribution >= 0.6 is 0 Å². The molecule has 1 atom stereocenters. The smallest absolute Gasteiger partial charge is 0.315 e. The maximum Gasteiger partial charge on any atom is 0.315 e. The fraction of sp³-hybridized carbons (Fsp3) is 0.500. The van der Waals surface area contributed by atoms with Crippen LogP contribution in [0.1, 0.15) is 18.4 Å². The average molecular weight is 248 g/mol. The maximum absolute atomic E-state index is 11.5. The van der Waals surface area contributed by atoms with E-state index < -0.39 is 0 Å². The summed E-state index contributed by atoms with van der Waals surface area (Å²) in [5, 5.41) is 5.78. The zero-order valence-electron chi connectivity index (χ0n) is 10.5. The lowest BCUT2D eigenvalue weighted by Gasteiger charge is -2.11. The van der Waals surface area contributed by atoms with E-state index in [1.807, 2.05) is 18.2 Å². The third-order valence-electron chi connectivity index (χ3n) is 3.04. The van der Waals surface area contributed by atoms with Crippen molar-refractivity contribution in [1.29, 1.82) is 0 Å². The van der Waals surface area contributed by atoms with Crippen molar-refractivity contribution < 1.29 is 9.53 Å². The molecule has 1 aliphatic rings. The standard InChI is InChI=1S/C14H20N2O2/c17-14(16-13-8-10-18-11-13)15-9-4-7-12-5-2-1-3-6-12/h1-3,5-6,13H,4,7-11H2,(H2,15,16,17). The normalized spacial score (nSPS) is 18.6. The van der Waals surface area contributed by atoms with E-state index in [4.69, 9.17) is 4.74 Å². The Morgan fingerprint density at radius 1 is 1.33 bits per heavy atom. The number of hydrogen-bond donors (Lipinski definition) is 2. The van der Waals surface area contributed by atoms with Crippen LogP contribution in [-0.4, -0.2) is 31.8 Å². The number of nitrogens with one attached hydrogen (secondary N) is 2. The molecule has 0 bridgehead atoms. The number of carbonyl (C=O) groups is 1. The highest BCUT2D eigenvalue weighted by Crippen LogP contribution is 2.03. The first-order valence-electron chi connectivity index (χ1n) is 6.50. The van der Waals surface area contributed by atoms with Crippen LogP contribution in [0.4, 0.5) is 4.79 Å². The van der Waals surface area contributed by atoms with Crippen molar-refractivity contribution >= 4 is 6.03 Å². The summed E-state index contributed by atoms with van der Waals surface area (Å²) in [7, 11) is 0. The molecule has 0 aromatic heterocycles. The van der Waals surface area contributed by atoms with Crippen molar-refractivity contribution in [3.63, 3.8) is 0 Å². The summed E-state index contributed by atoms with van der Waals surface area (Å²) in [4.78, 5) is 11.5. The maximum atomic E-state index is 11.5. The molecule has 1 aromatic carbocycles. The lowest BCUT2D eigenvalue weighted by atomic mass is 10.1. The van der Waals surface area contributed by atoms with Crippen LogP contribution in [0, 0.1) is 0 Å². The number of urea groups is 1. The fourth-order valence-corrected chi connectivity index (χ4v) is 2.02.